The molecule has 0 N–H and O–H groups in total. The van der Waals surface area contributed by atoms with Crippen LogP contribution in [0.15, 0.2) is 18.2 Å². The van der Waals surface area contributed by atoms with Gasteiger partial charge in [0, 0.05) is 24.4 Å². The summed E-state index contributed by atoms with van der Waals surface area (Å²) in [4.78, 5) is 2.20. The molecule has 0 radical (unpaired) electrons. The van der Waals surface area contributed by atoms with Crippen LogP contribution in [0.4, 0.5) is 0 Å². The van der Waals surface area contributed by atoms with Gasteiger partial charge in [0.15, 0.2) is 0 Å². The van der Waals surface area contributed by atoms with Crippen LogP contribution in [0, 0.1) is 0 Å². The minimum atomic E-state index is -0.652. The summed E-state index contributed by atoms with van der Waals surface area (Å²) >= 11 is 8.11. The smallest absolute Gasteiger partial charge is 0.290 e. The van der Waals surface area contributed by atoms with Crippen molar-refractivity contribution in [2.24, 2.45) is 0 Å². The Bertz CT molecular complexity index is 425. The maximum absolute atomic E-state index is 6.44. The Labute approximate surface area is 105 Å². The van der Waals surface area contributed by atoms with Crippen LogP contribution in [0.25, 0.3) is 0 Å². The van der Waals surface area contributed by atoms with Gasteiger partial charge in [0.25, 0.3) is 4.52 Å². The lowest BCUT2D eigenvalue weighted by Gasteiger charge is -2.37. The first-order valence-electron chi connectivity index (χ1n) is 5.60. The number of hydrogen-bond acceptors (Lipinski definition) is 3. The van der Waals surface area contributed by atoms with Crippen molar-refractivity contribution in [3.8, 4) is 5.75 Å². The highest BCUT2D eigenvalue weighted by molar-refractivity contribution is 8.01. The van der Waals surface area contributed by atoms with E-state index in [1.807, 2.05) is 0 Å². The second-order valence-corrected chi connectivity index (χ2v) is 6.16. The van der Waals surface area contributed by atoms with Gasteiger partial charge in [-0.25, -0.2) is 4.90 Å². The number of rotatable bonds is 1. The summed E-state index contributed by atoms with van der Waals surface area (Å²) in [5.74, 6) is 1.98. The van der Waals surface area contributed by atoms with Gasteiger partial charge in [0.1, 0.15) is 5.75 Å². The summed E-state index contributed by atoms with van der Waals surface area (Å²) in [7, 11) is 0. The van der Waals surface area contributed by atoms with Crippen molar-refractivity contribution in [3.63, 3.8) is 0 Å². The highest BCUT2D eigenvalue weighted by atomic mass is 35.5. The summed E-state index contributed by atoms with van der Waals surface area (Å²) in [6.07, 6.45) is 1.06. The minimum absolute atomic E-state index is 0.652. The van der Waals surface area contributed by atoms with E-state index in [9.17, 15) is 0 Å². The second kappa shape index (κ2) is 3.83. The van der Waals surface area contributed by atoms with Gasteiger partial charge in [-0.2, -0.15) is 0 Å². The van der Waals surface area contributed by atoms with Crippen molar-refractivity contribution in [2.45, 2.75) is 24.4 Å². The predicted octanol–water partition coefficient (Wildman–Crippen LogP) is 3.04. The molecule has 1 fully saturated rings. The lowest BCUT2D eigenvalue weighted by atomic mass is 10.1. The molecule has 0 aromatic heterocycles. The topological polar surface area (TPSA) is 12.5 Å². The molecule has 0 spiro atoms. The minimum Gasteiger partial charge on any atom is -0.449 e. The van der Waals surface area contributed by atoms with E-state index in [2.05, 4.69) is 30.0 Å². The number of halogens is 1. The molecule has 1 aromatic carbocycles. The molecule has 0 saturated carbocycles. The standard InChI is InChI=1S/C12H14ClNOS/c1-2-9-3-4-11-10(7-9)8-14-5-6-16-12(14,13)15-11/h3-4,7H,2,5-6,8H2,1H3. The van der Waals surface area contributed by atoms with E-state index in [1.165, 1.54) is 11.1 Å². The summed E-state index contributed by atoms with van der Waals surface area (Å²) in [5.41, 5.74) is 2.62. The molecule has 0 aliphatic carbocycles. The first kappa shape index (κ1) is 10.8. The van der Waals surface area contributed by atoms with Crippen molar-refractivity contribution < 1.29 is 4.74 Å². The number of hydrogen-bond donors (Lipinski definition) is 0. The molecule has 4 heteroatoms. The number of aryl methyl sites for hydroxylation is 1. The molecular formula is C12H14ClNOS. The molecule has 16 heavy (non-hydrogen) atoms. The zero-order valence-corrected chi connectivity index (χ0v) is 10.8. The zero-order valence-electron chi connectivity index (χ0n) is 9.20. The Balaban J connectivity index is 1.98. The van der Waals surface area contributed by atoms with E-state index in [0.717, 1.165) is 31.0 Å². The van der Waals surface area contributed by atoms with Crippen LogP contribution in [0.3, 0.4) is 0 Å². The Morgan fingerprint density at radius 2 is 2.44 bits per heavy atom. The molecule has 3 rings (SSSR count). The molecule has 86 valence electrons. The molecule has 2 aliphatic heterocycles. The Kier molecular flexibility index (Phi) is 2.57. The van der Waals surface area contributed by atoms with Gasteiger partial charge in [0.05, 0.1) is 0 Å². The van der Waals surface area contributed by atoms with Crippen molar-refractivity contribution in [1.82, 2.24) is 4.90 Å². The molecule has 2 nitrogen and oxygen atoms in total. The van der Waals surface area contributed by atoms with E-state index >= 15 is 0 Å². The lowest BCUT2D eigenvalue weighted by molar-refractivity contribution is 0.0484. The molecule has 1 unspecified atom stereocenters. The van der Waals surface area contributed by atoms with Crippen LogP contribution < -0.4 is 4.74 Å². The van der Waals surface area contributed by atoms with Crippen LogP contribution >= 0.6 is 23.4 Å². The lowest BCUT2D eigenvalue weighted by Crippen LogP contribution is -2.44. The van der Waals surface area contributed by atoms with Crippen molar-refractivity contribution >= 4 is 23.4 Å². The van der Waals surface area contributed by atoms with Gasteiger partial charge in [-0.05, 0) is 29.7 Å². The molecule has 2 heterocycles. The average Bonchev–Trinajstić information content (AvgIpc) is 2.65. The van der Waals surface area contributed by atoms with Gasteiger partial charge in [-0.1, -0.05) is 30.8 Å². The average molecular weight is 256 g/mol. The number of fused-ring (bicyclic) bond motifs is 2. The number of nitrogens with zero attached hydrogens (tertiary/aromatic N) is 1. The van der Waals surface area contributed by atoms with E-state index in [0.29, 0.717) is 0 Å². The SMILES string of the molecule is CCc1ccc2c(c1)CN1CCSC1(Cl)O2. The normalized spacial score (nSPS) is 28.4. The van der Waals surface area contributed by atoms with Crippen molar-refractivity contribution in [1.29, 1.82) is 0 Å². The fourth-order valence-corrected chi connectivity index (χ4v) is 3.70. The van der Waals surface area contributed by atoms with Gasteiger partial charge in [-0.3, -0.25) is 0 Å². The summed E-state index contributed by atoms with van der Waals surface area (Å²) in [6, 6.07) is 6.40. The highest BCUT2D eigenvalue weighted by Gasteiger charge is 2.45. The molecule has 0 bridgehead atoms. The fourth-order valence-electron chi connectivity index (χ4n) is 2.19. The number of alkyl halides is 1. The van der Waals surface area contributed by atoms with Crippen LogP contribution in [0.1, 0.15) is 18.1 Å². The molecule has 1 atom stereocenters. The second-order valence-electron chi connectivity index (χ2n) is 4.17. The summed E-state index contributed by atoms with van der Waals surface area (Å²) in [6.45, 7) is 4.08. The van der Waals surface area contributed by atoms with Gasteiger partial charge >= 0.3 is 0 Å². The first-order chi connectivity index (χ1) is 7.71. The fraction of sp³-hybridized carbons (Fsp3) is 0.500. The van der Waals surface area contributed by atoms with Crippen LogP contribution in [0.5, 0.6) is 5.75 Å². The summed E-state index contributed by atoms with van der Waals surface area (Å²) in [5, 5.41) is 0. The Morgan fingerprint density at radius 3 is 3.25 bits per heavy atom. The van der Waals surface area contributed by atoms with Crippen molar-refractivity contribution in [3.05, 3.63) is 29.3 Å². The maximum atomic E-state index is 6.44. The van der Waals surface area contributed by atoms with E-state index in [4.69, 9.17) is 16.3 Å². The third kappa shape index (κ3) is 1.62. The molecule has 2 aliphatic rings. The number of ether oxygens (including phenoxy) is 1. The van der Waals surface area contributed by atoms with E-state index in [1.54, 1.807) is 11.8 Å². The predicted molar refractivity (Wildman–Crippen MR) is 67.9 cm³/mol. The van der Waals surface area contributed by atoms with Crippen LogP contribution in [-0.2, 0) is 13.0 Å². The molecular weight excluding hydrogens is 242 g/mol. The van der Waals surface area contributed by atoms with E-state index in [-0.39, 0.29) is 0 Å². The highest BCUT2D eigenvalue weighted by Crippen LogP contribution is 2.46. The number of thioether (sulfide) groups is 1. The summed E-state index contributed by atoms with van der Waals surface area (Å²) < 4.78 is 5.25. The van der Waals surface area contributed by atoms with Gasteiger partial charge < -0.3 is 4.74 Å². The molecule has 1 saturated heterocycles. The van der Waals surface area contributed by atoms with Gasteiger partial charge in [-0.15, -0.1) is 0 Å². The number of benzene rings is 1. The first-order valence-corrected chi connectivity index (χ1v) is 6.96. The largest absolute Gasteiger partial charge is 0.449 e. The Morgan fingerprint density at radius 1 is 1.56 bits per heavy atom. The molecule has 1 aromatic rings. The van der Waals surface area contributed by atoms with Crippen molar-refractivity contribution in [2.75, 3.05) is 12.3 Å². The maximum Gasteiger partial charge on any atom is 0.290 e. The van der Waals surface area contributed by atoms with Crippen LogP contribution in [-0.4, -0.2) is 21.7 Å². The van der Waals surface area contributed by atoms with E-state index < -0.39 is 4.52 Å². The zero-order chi connectivity index (χ0) is 11.2. The molecule has 0 amide bonds. The van der Waals surface area contributed by atoms with Gasteiger partial charge in [0.2, 0.25) is 0 Å². The third-order valence-corrected chi connectivity index (χ3v) is 4.88. The Hall–Kier alpha value is -0.380. The monoisotopic (exact) mass is 255 g/mol. The third-order valence-electron chi connectivity index (χ3n) is 3.15. The van der Waals surface area contributed by atoms with Crippen LogP contribution in [0.2, 0.25) is 0 Å². The quantitative estimate of drug-likeness (QED) is 0.565.